The zero-order valence-corrected chi connectivity index (χ0v) is 11.5. The lowest BCUT2D eigenvalue weighted by molar-refractivity contribution is -0.109. The summed E-state index contributed by atoms with van der Waals surface area (Å²) in [6.45, 7) is 0. The van der Waals surface area contributed by atoms with Crippen molar-refractivity contribution >= 4 is 12.2 Å². The minimum atomic E-state index is -0.515. The Hall–Kier alpha value is -2.37. The van der Waals surface area contributed by atoms with Crippen LogP contribution in [0.5, 0.6) is 0 Å². The lowest BCUT2D eigenvalue weighted by Gasteiger charge is -2.02. The van der Waals surface area contributed by atoms with Crippen LogP contribution in [0.1, 0.15) is 53.3 Å². The van der Waals surface area contributed by atoms with Crippen LogP contribution < -0.4 is 5.73 Å². The number of carbonyl (C=O) groups excluding carboxylic acids is 2. The number of primary amides is 1. The molecule has 0 atom stereocenters. The highest BCUT2D eigenvalue weighted by molar-refractivity contribution is 5.92. The molecule has 0 spiro atoms. The molecule has 21 heavy (non-hydrogen) atoms. The second-order valence-corrected chi connectivity index (χ2v) is 6.08. The summed E-state index contributed by atoms with van der Waals surface area (Å²) in [7, 11) is 0. The predicted octanol–water partition coefficient (Wildman–Crippen LogP) is 1.41. The van der Waals surface area contributed by atoms with E-state index in [0.717, 1.165) is 30.4 Å². The standard InChI is InChI=1S/C15H16N4O2/c16-14(21)12-5-10(15(8-20)3-4-15)7-19(12)13-6-11(17-18-13)9-1-2-9/h5-9H,1-4H2,(H2,16,21)(H,17,18). The molecule has 108 valence electrons. The van der Waals surface area contributed by atoms with Crippen molar-refractivity contribution in [1.29, 1.82) is 0 Å². The molecule has 0 radical (unpaired) electrons. The molecule has 6 heteroatoms. The molecule has 0 saturated heterocycles. The number of hydrogen-bond acceptors (Lipinski definition) is 3. The minimum absolute atomic E-state index is 0.368. The van der Waals surface area contributed by atoms with Crippen LogP contribution in [-0.2, 0) is 10.2 Å². The largest absolute Gasteiger partial charge is 0.364 e. The van der Waals surface area contributed by atoms with Gasteiger partial charge in [0.05, 0.1) is 5.41 Å². The van der Waals surface area contributed by atoms with Crippen molar-refractivity contribution in [2.24, 2.45) is 5.73 Å². The van der Waals surface area contributed by atoms with Gasteiger partial charge < -0.3 is 10.5 Å². The van der Waals surface area contributed by atoms with Crippen LogP contribution >= 0.6 is 0 Å². The smallest absolute Gasteiger partial charge is 0.265 e. The molecule has 0 aromatic carbocycles. The highest BCUT2D eigenvalue weighted by Crippen LogP contribution is 2.47. The normalized spacial score (nSPS) is 19.4. The number of aldehydes is 1. The number of amides is 1. The lowest BCUT2D eigenvalue weighted by atomic mass is 10.0. The summed E-state index contributed by atoms with van der Waals surface area (Å²) in [5.41, 5.74) is 7.34. The van der Waals surface area contributed by atoms with E-state index < -0.39 is 11.3 Å². The van der Waals surface area contributed by atoms with Gasteiger partial charge in [0.25, 0.3) is 5.91 Å². The van der Waals surface area contributed by atoms with Crippen molar-refractivity contribution < 1.29 is 9.59 Å². The second kappa shape index (κ2) is 4.07. The number of hydrogen-bond donors (Lipinski definition) is 2. The van der Waals surface area contributed by atoms with Gasteiger partial charge in [-0.05, 0) is 37.3 Å². The SMILES string of the molecule is NC(=O)c1cc(C2(C=O)CC2)cn1-c1cc(C2CC2)[nH]n1. The van der Waals surface area contributed by atoms with Gasteiger partial charge in [-0.1, -0.05) is 0 Å². The summed E-state index contributed by atoms with van der Waals surface area (Å²) in [6.07, 6.45) is 6.79. The second-order valence-electron chi connectivity index (χ2n) is 6.08. The number of H-pyrrole nitrogens is 1. The predicted molar refractivity (Wildman–Crippen MR) is 75.4 cm³/mol. The van der Waals surface area contributed by atoms with Crippen molar-refractivity contribution in [2.45, 2.75) is 37.0 Å². The van der Waals surface area contributed by atoms with Gasteiger partial charge in [0, 0.05) is 23.9 Å². The van der Waals surface area contributed by atoms with Gasteiger partial charge in [-0.3, -0.25) is 14.5 Å². The fourth-order valence-corrected chi connectivity index (χ4v) is 2.78. The van der Waals surface area contributed by atoms with Crippen LogP contribution in [0.25, 0.3) is 5.82 Å². The molecule has 2 saturated carbocycles. The Labute approximate surface area is 121 Å². The quantitative estimate of drug-likeness (QED) is 0.813. The fraction of sp³-hybridized carbons (Fsp3) is 0.400. The zero-order chi connectivity index (χ0) is 14.6. The number of aromatic nitrogens is 3. The van der Waals surface area contributed by atoms with Crippen molar-refractivity contribution in [3.63, 3.8) is 0 Å². The molecule has 1 amide bonds. The summed E-state index contributed by atoms with van der Waals surface area (Å²) in [5, 5.41) is 7.29. The molecule has 2 aromatic rings. The molecule has 4 rings (SSSR count). The third-order valence-corrected chi connectivity index (χ3v) is 4.51. The minimum Gasteiger partial charge on any atom is -0.364 e. The van der Waals surface area contributed by atoms with Crippen LogP contribution in [0.3, 0.4) is 0 Å². The summed E-state index contributed by atoms with van der Waals surface area (Å²) in [5.74, 6) is 0.695. The monoisotopic (exact) mass is 284 g/mol. The number of nitrogens with two attached hydrogens (primary N) is 1. The van der Waals surface area contributed by atoms with Gasteiger partial charge in [0.2, 0.25) is 0 Å². The van der Waals surface area contributed by atoms with Gasteiger partial charge in [-0.25, -0.2) is 0 Å². The van der Waals surface area contributed by atoms with Crippen molar-refractivity contribution in [1.82, 2.24) is 14.8 Å². The Morgan fingerprint density at radius 3 is 2.76 bits per heavy atom. The fourth-order valence-electron chi connectivity index (χ4n) is 2.78. The lowest BCUT2D eigenvalue weighted by Crippen LogP contribution is -2.15. The summed E-state index contributed by atoms with van der Waals surface area (Å²) in [4.78, 5) is 22.9. The average Bonchev–Trinajstić information content (AvgIpc) is 3.38. The van der Waals surface area contributed by atoms with Gasteiger partial charge in [-0.15, -0.1) is 0 Å². The average molecular weight is 284 g/mol. The van der Waals surface area contributed by atoms with E-state index in [4.69, 9.17) is 5.73 Å². The summed E-state index contributed by atoms with van der Waals surface area (Å²) >= 11 is 0. The number of carbonyl (C=O) groups is 2. The van der Waals surface area contributed by atoms with E-state index in [9.17, 15) is 9.59 Å². The number of rotatable bonds is 5. The van der Waals surface area contributed by atoms with Crippen LogP contribution in [0.4, 0.5) is 0 Å². The van der Waals surface area contributed by atoms with E-state index in [1.54, 1.807) is 10.6 Å². The van der Waals surface area contributed by atoms with Gasteiger partial charge >= 0.3 is 0 Å². The first-order valence-electron chi connectivity index (χ1n) is 7.18. The Morgan fingerprint density at radius 2 is 2.19 bits per heavy atom. The third-order valence-electron chi connectivity index (χ3n) is 4.51. The Morgan fingerprint density at radius 1 is 1.43 bits per heavy atom. The van der Waals surface area contributed by atoms with E-state index in [0.29, 0.717) is 17.4 Å². The number of nitrogens with zero attached hydrogens (tertiary/aromatic N) is 2. The van der Waals surface area contributed by atoms with Crippen molar-refractivity contribution in [2.75, 3.05) is 0 Å². The van der Waals surface area contributed by atoms with E-state index in [1.807, 2.05) is 12.3 Å². The third kappa shape index (κ3) is 1.90. The van der Waals surface area contributed by atoms with Gasteiger partial charge in [-0.2, -0.15) is 5.10 Å². The number of aromatic amines is 1. The van der Waals surface area contributed by atoms with Crippen LogP contribution in [0.15, 0.2) is 18.3 Å². The molecule has 2 aliphatic carbocycles. The maximum absolute atomic E-state index is 11.7. The first-order valence-corrected chi connectivity index (χ1v) is 7.18. The van der Waals surface area contributed by atoms with Crippen molar-refractivity contribution in [3.05, 3.63) is 35.3 Å². The highest BCUT2D eigenvalue weighted by Gasteiger charge is 2.45. The molecule has 0 bridgehead atoms. The van der Waals surface area contributed by atoms with E-state index >= 15 is 0 Å². The molecule has 2 aliphatic rings. The molecule has 6 nitrogen and oxygen atoms in total. The maximum Gasteiger partial charge on any atom is 0.265 e. The molecule has 2 fully saturated rings. The van der Waals surface area contributed by atoms with E-state index in [1.165, 1.54) is 12.8 Å². The molecule has 0 aliphatic heterocycles. The molecule has 3 N–H and O–H groups in total. The number of nitrogens with one attached hydrogen (secondary N) is 1. The van der Waals surface area contributed by atoms with Crippen LogP contribution in [0, 0.1) is 0 Å². The summed E-state index contributed by atoms with van der Waals surface area (Å²) < 4.78 is 1.68. The van der Waals surface area contributed by atoms with E-state index in [-0.39, 0.29) is 0 Å². The first kappa shape index (κ1) is 12.4. The molecular weight excluding hydrogens is 268 g/mol. The maximum atomic E-state index is 11.7. The Kier molecular flexibility index (Phi) is 2.40. The Bertz CT molecular complexity index is 735. The van der Waals surface area contributed by atoms with E-state index in [2.05, 4.69) is 10.2 Å². The summed E-state index contributed by atoms with van der Waals surface area (Å²) in [6, 6.07) is 3.67. The van der Waals surface area contributed by atoms with Gasteiger partial charge in [0.15, 0.2) is 5.82 Å². The molecule has 2 aromatic heterocycles. The zero-order valence-electron chi connectivity index (χ0n) is 11.5. The first-order chi connectivity index (χ1) is 10.1. The van der Waals surface area contributed by atoms with Crippen molar-refractivity contribution in [3.8, 4) is 5.82 Å². The van der Waals surface area contributed by atoms with Gasteiger partial charge in [0.1, 0.15) is 12.0 Å². The highest BCUT2D eigenvalue weighted by atomic mass is 16.1. The molecule has 0 unspecified atom stereocenters. The molecule has 2 heterocycles. The van der Waals surface area contributed by atoms with Crippen LogP contribution in [-0.4, -0.2) is 27.0 Å². The van der Waals surface area contributed by atoms with Crippen LogP contribution in [0.2, 0.25) is 0 Å². The molecular formula is C15H16N4O2. The Balaban J connectivity index is 1.78. The topological polar surface area (TPSA) is 93.8 Å².